The number of hydrogen-bond acceptors (Lipinski definition) is 3. The molecule has 102 valence electrons. The minimum Gasteiger partial charge on any atom is -0.366 e. The van der Waals surface area contributed by atoms with E-state index >= 15 is 0 Å². The Morgan fingerprint density at radius 2 is 1.70 bits per heavy atom. The number of amides is 2. The predicted octanol–water partition coefficient (Wildman–Crippen LogP) is 2.74. The summed E-state index contributed by atoms with van der Waals surface area (Å²) in [4.78, 5) is 27.1. The molecule has 2 aromatic rings. The summed E-state index contributed by atoms with van der Waals surface area (Å²) in [7, 11) is 0. The second-order valence-corrected chi connectivity index (χ2v) is 4.64. The second-order valence-electron chi connectivity index (χ2n) is 3.87. The van der Waals surface area contributed by atoms with Crippen molar-refractivity contribution >= 4 is 40.7 Å². The van der Waals surface area contributed by atoms with Crippen LogP contribution >= 0.6 is 23.2 Å². The lowest BCUT2D eigenvalue weighted by Crippen LogP contribution is -2.18. The number of carbonyl (C=O) groups is 2. The summed E-state index contributed by atoms with van der Waals surface area (Å²) >= 11 is 11.5. The van der Waals surface area contributed by atoms with Crippen molar-refractivity contribution in [2.75, 3.05) is 5.32 Å². The Balaban J connectivity index is 2.30. The number of pyridine rings is 1. The number of nitrogens with zero attached hydrogens (tertiary/aromatic N) is 1. The number of halogens is 2. The zero-order chi connectivity index (χ0) is 14.7. The number of para-hydroxylation sites is 1. The number of benzene rings is 1. The van der Waals surface area contributed by atoms with Crippen LogP contribution < -0.4 is 11.1 Å². The van der Waals surface area contributed by atoms with E-state index in [0.717, 1.165) is 0 Å². The Bertz CT molecular complexity index is 669. The molecule has 0 atom stereocenters. The fourth-order valence-corrected chi connectivity index (χ4v) is 2.06. The van der Waals surface area contributed by atoms with Crippen molar-refractivity contribution in [3.8, 4) is 0 Å². The van der Waals surface area contributed by atoms with Crippen LogP contribution in [0.5, 0.6) is 0 Å². The molecule has 0 aliphatic carbocycles. The highest BCUT2D eigenvalue weighted by molar-refractivity contribution is 6.33. The van der Waals surface area contributed by atoms with Gasteiger partial charge in [0.1, 0.15) is 10.3 Å². The third-order valence-electron chi connectivity index (χ3n) is 2.47. The first-order chi connectivity index (χ1) is 9.47. The maximum absolute atomic E-state index is 12.1. The largest absolute Gasteiger partial charge is 0.366 e. The number of anilines is 1. The van der Waals surface area contributed by atoms with Crippen LogP contribution in [0, 0.1) is 0 Å². The SMILES string of the molecule is NC(=O)c1ccccc1NC(=O)c1cc(Cl)nc(Cl)c1. The van der Waals surface area contributed by atoms with E-state index in [2.05, 4.69) is 10.3 Å². The number of primary amides is 1. The Morgan fingerprint density at radius 3 is 2.30 bits per heavy atom. The summed E-state index contributed by atoms with van der Waals surface area (Å²) in [6, 6.07) is 9.16. The van der Waals surface area contributed by atoms with E-state index in [4.69, 9.17) is 28.9 Å². The number of nitrogens with two attached hydrogens (primary N) is 1. The van der Waals surface area contributed by atoms with Crippen molar-refractivity contribution in [2.24, 2.45) is 5.73 Å². The van der Waals surface area contributed by atoms with Crippen molar-refractivity contribution in [1.29, 1.82) is 0 Å². The highest BCUT2D eigenvalue weighted by atomic mass is 35.5. The molecule has 0 saturated carbocycles. The molecule has 0 saturated heterocycles. The van der Waals surface area contributed by atoms with Gasteiger partial charge < -0.3 is 11.1 Å². The van der Waals surface area contributed by atoms with Gasteiger partial charge in [-0.3, -0.25) is 9.59 Å². The van der Waals surface area contributed by atoms with E-state index in [-0.39, 0.29) is 21.4 Å². The molecule has 0 aliphatic heterocycles. The van der Waals surface area contributed by atoms with Gasteiger partial charge in [-0.15, -0.1) is 0 Å². The van der Waals surface area contributed by atoms with Crippen molar-refractivity contribution < 1.29 is 9.59 Å². The van der Waals surface area contributed by atoms with Crippen LogP contribution in [0.2, 0.25) is 10.3 Å². The van der Waals surface area contributed by atoms with E-state index in [1.807, 2.05) is 0 Å². The molecule has 5 nitrogen and oxygen atoms in total. The summed E-state index contributed by atoms with van der Waals surface area (Å²) in [5.41, 5.74) is 5.99. The molecule has 7 heteroatoms. The minimum absolute atomic E-state index is 0.103. The van der Waals surface area contributed by atoms with Crippen LogP contribution in [-0.2, 0) is 0 Å². The summed E-state index contributed by atoms with van der Waals surface area (Å²) < 4.78 is 0. The molecule has 2 rings (SSSR count). The molecule has 0 unspecified atom stereocenters. The number of carbonyl (C=O) groups excluding carboxylic acids is 2. The van der Waals surface area contributed by atoms with Crippen LogP contribution in [0.3, 0.4) is 0 Å². The fourth-order valence-electron chi connectivity index (χ4n) is 1.60. The Hall–Kier alpha value is -2.11. The van der Waals surface area contributed by atoms with Gasteiger partial charge in [-0.2, -0.15) is 0 Å². The number of nitrogens with one attached hydrogen (secondary N) is 1. The molecule has 0 radical (unpaired) electrons. The molecule has 1 heterocycles. The minimum atomic E-state index is -0.633. The first-order valence-corrected chi connectivity index (χ1v) is 6.26. The predicted molar refractivity (Wildman–Crippen MR) is 77.2 cm³/mol. The van der Waals surface area contributed by atoms with Gasteiger partial charge in [0.15, 0.2) is 0 Å². The Morgan fingerprint density at radius 1 is 1.10 bits per heavy atom. The molecule has 1 aromatic carbocycles. The monoisotopic (exact) mass is 309 g/mol. The molecule has 1 aromatic heterocycles. The Labute approximate surface area is 124 Å². The maximum atomic E-state index is 12.1. The first kappa shape index (κ1) is 14.3. The van der Waals surface area contributed by atoms with Crippen molar-refractivity contribution in [2.45, 2.75) is 0 Å². The average Bonchev–Trinajstić information content (AvgIpc) is 2.37. The van der Waals surface area contributed by atoms with E-state index in [1.54, 1.807) is 18.2 Å². The second kappa shape index (κ2) is 5.90. The summed E-state index contributed by atoms with van der Waals surface area (Å²) in [5, 5.41) is 2.78. The Kier molecular flexibility index (Phi) is 4.22. The van der Waals surface area contributed by atoms with Gasteiger partial charge in [0.25, 0.3) is 11.8 Å². The molecular formula is C13H9Cl2N3O2. The number of rotatable bonds is 3. The third kappa shape index (κ3) is 3.26. The standard InChI is InChI=1S/C13H9Cl2N3O2/c14-10-5-7(6-11(15)18-10)13(20)17-9-4-2-1-3-8(9)12(16)19/h1-6H,(H2,16,19)(H,17,20). The van der Waals surface area contributed by atoms with Crippen LogP contribution in [0.4, 0.5) is 5.69 Å². The molecular weight excluding hydrogens is 301 g/mol. The van der Waals surface area contributed by atoms with Gasteiger partial charge in [-0.25, -0.2) is 4.98 Å². The van der Waals surface area contributed by atoms with E-state index in [9.17, 15) is 9.59 Å². The highest BCUT2D eigenvalue weighted by Gasteiger charge is 2.13. The van der Waals surface area contributed by atoms with Crippen LogP contribution in [0.1, 0.15) is 20.7 Å². The van der Waals surface area contributed by atoms with Crippen molar-refractivity contribution in [1.82, 2.24) is 4.98 Å². The van der Waals surface area contributed by atoms with Crippen LogP contribution in [-0.4, -0.2) is 16.8 Å². The van der Waals surface area contributed by atoms with E-state index < -0.39 is 11.8 Å². The van der Waals surface area contributed by atoms with Gasteiger partial charge in [0.2, 0.25) is 0 Å². The number of aromatic nitrogens is 1. The lowest BCUT2D eigenvalue weighted by Gasteiger charge is -2.09. The van der Waals surface area contributed by atoms with Gasteiger partial charge in [0, 0.05) is 5.56 Å². The lowest BCUT2D eigenvalue weighted by molar-refractivity contribution is 0.100. The van der Waals surface area contributed by atoms with Gasteiger partial charge in [-0.05, 0) is 24.3 Å². The average molecular weight is 310 g/mol. The highest BCUT2D eigenvalue weighted by Crippen LogP contribution is 2.18. The van der Waals surface area contributed by atoms with Crippen LogP contribution in [0.15, 0.2) is 36.4 Å². The zero-order valence-corrected chi connectivity index (χ0v) is 11.6. The van der Waals surface area contributed by atoms with Crippen molar-refractivity contribution in [3.63, 3.8) is 0 Å². The molecule has 0 bridgehead atoms. The first-order valence-electron chi connectivity index (χ1n) is 5.50. The fraction of sp³-hybridized carbons (Fsp3) is 0. The van der Waals surface area contributed by atoms with Crippen molar-refractivity contribution in [3.05, 3.63) is 57.8 Å². The zero-order valence-electron chi connectivity index (χ0n) is 10.1. The topological polar surface area (TPSA) is 85.1 Å². The molecule has 0 aliphatic rings. The number of hydrogen-bond donors (Lipinski definition) is 2. The third-order valence-corrected chi connectivity index (χ3v) is 2.85. The summed E-state index contributed by atoms with van der Waals surface area (Å²) in [5.74, 6) is -1.10. The van der Waals surface area contributed by atoms with E-state index in [0.29, 0.717) is 5.69 Å². The maximum Gasteiger partial charge on any atom is 0.255 e. The van der Waals surface area contributed by atoms with Gasteiger partial charge in [0.05, 0.1) is 11.3 Å². The van der Waals surface area contributed by atoms with Crippen LogP contribution in [0.25, 0.3) is 0 Å². The molecule has 20 heavy (non-hydrogen) atoms. The molecule has 2 amide bonds. The summed E-state index contributed by atoms with van der Waals surface area (Å²) in [6.45, 7) is 0. The lowest BCUT2D eigenvalue weighted by atomic mass is 10.1. The van der Waals surface area contributed by atoms with E-state index in [1.165, 1.54) is 18.2 Å². The van der Waals surface area contributed by atoms with Gasteiger partial charge >= 0.3 is 0 Å². The molecule has 3 N–H and O–H groups in total. The summed E-state index contributed by atoms with van der Waals surface area (Å²) in [6.07, 6.45) is 0. The van der Waals surface area contributed by atoms with Gasteiger partial charge in [-0.1, -0.05) is 35.3 Å². The molecule has 0 spiro atoms. The quantitative estimate of drug-likeness (QED) is 0.855. The molecule has 0 fully saturated rings. The smallest absolute Gasteiger partial charge is 0.255 e. The normalized spacial score (nSPS) is 10.1.